The topological polar surface area (TPSA) is 65.4 Å². The van der Waals surface area contributed by atoms with E-state index in [0.717, 1.165) is 12.0 Å². The molecule has 0 heterocycles. The molecule has 0 aliphatic carbocycles. The van der Waals surface area contributed by atoms with Gasteiger partial charge in [-0.05, 0) is 59.0 Å². The predicted molar refractivity (Wildman–Crippen MR) is 86.6 cm³/mol. The molecule has 0 unspecified atom stereocenters. The van der Waals surface area contributed by atoms with Crippen molar-refractivity contribution in [3.8, 4) is 6.07 Å². The second-order valence-corrected chi connectivity index (χ2v) is 6.51. The maximum atomic E-state index is 11.7. The van der Waals surface area contributed by atoms with Crippen LogP contribution in [-0.2, 0) is 11.2 Å². The van der Waals surface area contributed by atoms with Gasteiger partial charge in [0.05, 0.1) is 11.6 Å². The molecule has 5 heteroatoms. The molecule has 1 N–H and O–H groups in total. The molecule has 0 aliphatic heterocycles. The Hall–Kier alpha value is -2.06. The second-order valence-electron chi connectivity index (χ2n) is 6.51. The summed E-state index contributed by atoms with van der Waals surface area (Å²) < 4.78 is 5.24. The van der Waals surface area contributed by atoms with Gasteiger partial charge in [0.2, 0.25) is 0 Å². The van der Waals surface area contributed by atoms with Crippen molar-refractivity contribution in [3.63, 3.8) is 0 Å². The first kappa shape index (κ1) is 18.0. The van der Waals surface area contributed by atoms with Crippen LogP contribution in [0.2, 0.25) is 0 Å². The van der Waals surface area contributed by atoms with E-state index in [1.165, 1.54) is 0 Å². The van der Waals surface area contributed by atoms with E-state index in [1.54, 1.807) is 0 Å². The summed E-state index contributed by atoms with van der Waals surface area (Å²) in [7, 11) is 3.95. The molecule has 5 nitrogen and oxygen atoms in total. The lowest BCUT2D eigenvalue weighted by atomic mass is 10.0. The fourth-order valence-electron chi connectivity index (χ4n) is 1.94. The third-order valence-electron chi connectivity index (χ3n) is 3.17. The number of ether oxygens (including phenoxy) is 1. The van der Waals surface area contributed by atoms with Crippen molar-refractivity contribution in [1.82, 2.24) is 10.2 Å². The average Bonchev–Trinajstić information content (AvgIpc) is 2.41. The monoisotopic (exact) mass is 303 g/mol. The van der Waals surface area contributed by atoms with Crippen LogP contribution in [0, 0.1) is 11.3 Å². The van der Waals surface area contributed by atoms with Crippen molar-refractivity contribution in [1.29, 1.82) is 5.26 Å². The van der Waals surface area contributed by atoms with Crippen LogP contribution in [0.1, 0.15) is 31.9 Å². The molecule has 0 bridgehead atoms. The highest BCUT2D eigenvalue weighted by molar-refractivity contribution is 5.67. The van der Waals surface area contributed by atoms with Crippen molar-refractivity contribution >= 4 is 6.09 Å². The Morgan fingerprint density at radius 3 is 2.36 bits per heavy atom. The Kier molecular flexibility index (Phi) is 6.39. The van der Waals surface area contributed by atoms with Crippen LogP contribution < -0.4 is 5.32 Å². The zero-order valence-corrected chi connectivity index (χ0v) is 14.0. The first-order valence-corrected chi connectivity index (χ1v) is 7.33. The molecule has 22 heavy (non-hydrogen) atoms. The molecule has 120 valence electrons. The van der Waals surface area contributed by atoms with Gasteiger partial charge in [-0.15, -0.1) is 0 Å². The van der Waals surface area contributed by atoms with Crippen molar-refractivity contribution in [3.05, 3.63) is 35.4 Å². The minimum Gasteiger partial charge on any atom is -0.444 e. The highest BCUT2D eigenvalue weighted by Gasteiger charge is 2.18. The maximum absolute atomic E-state index is 11.7. The third kappa shape index (κ3) is 6.59. The van der Waals surface area contributed by atoms with Crippen molar-refractivity contribution in [2.75, 3.05) is 20.6 Å². The number of carbonyl (C=O) groups is 1. The van der Waals surface area contributed by atoms with E-state index in [-0.39, 0.29) is 6.04 Å². The van der Waals surface area contributed by atoms with Gasteiger partial charge in [0.1, 0.15) is 5.60 Å². The smallest absolute Gasteiger partial charge is 0.407 e. The van der Waals surface area contributed by atoms with Crippen LogP contribution in [0.15, 0.2) is 24.3 Å². The summed E-state index contributed by atoms with van der Waals surface area (Å²) in [6.45, 7) is 6.02. The van der Waals surface area contributed by atoms with E-state index in [0.29, 0.717) is 12.1 Å². The number of nitrogens with one attached hydrogen (secondary N) is 1. The van der Waals surface area contributed by atoms with Crippen LogP contribution in [0.5, 0.6) is 0 Å². The Labute approximate surface area is 132 Å². The van der Waals surface area contributed by atoms with Gasteiger partial charge in [-0.3, -0.25) is 0 Å². The normalized spacial score (nSPS) is 12.6. The standard InChI is InChI=1S/C17H25N3O2/c1-17(2,3)22-16(21)19-12-15(20(4)5)10-13-6-8-14(11-18)9-7-13/h6-9,15H,10,12H2,1-5H3,(H,19,21)/t15-/m0/s1. The summed E-state index contributed by atoms with van der Waals surface area (Å²) in [5, 5.41) is 11.6. The zero-order chi connectivity index (χ0) is 16.8. The molecule has 0 fully saturated rings. The van der Waals surface area contributed by atoms with Gasteiger partial charge in [0.25, 0.3) is 0 Å². The maximum Gasteiger partial charge on any atom is 0.407 e. The van der Waals surface area contributed by atoms with Gasteiger partial charge >= 0.3 is 6.09 Å². The quantitative estimate of drug-likeness (QED) is 0.908. The van der Waals surface area contributed by atoms with Gasteiger partial charge in [-0.25, -0.2) is 4.79 Å². The lowest BCUT2D eigenvalue weighted by Crippen LogP contribution is -2.43. The number of rotatable bonds is 5. The summed E-state index contributed by atoms with van der Waals surface area (Å²) in [5.74, 6) is 0. The second kappa shape index (κ2) is 7.81. The zero-order valence-electron chi connectivity index (χ0n) is 14.0. The van der Waals surface area contributed by atoms with Gasteiger partial charge in [-0.2, -0.15) is 5.26 Å². The number of nitrogens with zero attached hydrogens (tertiary/aromatic N) is 2. The average molecular weight is 303 g/mol. The Morgan fingerprint density at radius 1 is 1.32 bits per heavy atom. The predicted octanol–water partition coefficient (Wildman–Crippen LogP) is 2.56. The molecule has 1 rings (SSSR count). The van der Waals surface area contributed by atoms with Crippen LogP contribution in [-0.4, -0.2) is 43.3 Å². The molecule has 0 aliphatic rings. The lowest BCUT2D eigenvalue weighted by molar-refractivity contribution is 0.0514. The van der Waals surface area contributed by atoms with Crippen molar-refractivity contribution in [2.45, 2.75) is 38.8 Å². The Balaban J connectivity index is 2.58. The number of benzene rings is 1. The first-order chi connectivity index (χ1) is 10.2. The number of hydrogen-bond donors (Lipinski definition) is 1. The summed E-state index contributed by atoms with van der Waals surface area (Å²) in [4.78, 5) is 13.8. The largest absolute Gasteiger partial charge is 0.444 e. The molecule has 0 saturated carbocycles. The summed E-state index contributed by atoms with van der Waals surface area (Å²) in [6.07, 6.45) is 0.383. The van der Waals surface area contributed by atoms with E-state index >= 15 is 0 Å². The highest BCUT2D eigenvalue weighted by Crippen LogP contribution is 2.10. The van der Waals surface area contributed by atoms with E-state index in [9.17, 15) is 4.79 Å². The van der Waals surface area contributed by atoms with E-state index in [1.807, 2.05) is 59.1 Å². The molecule has 0 radical (unpaired) electrons. The van der Waals surface area contributed by atoms with Gasteiger partial charge in [0.15, 0.2) is 0 Å². The molecular formula is C17H25N3O2. The van der Waals surface area contributed by atoms with Gasteiger partial charge in [-0.1, -0.05) is 12.1 Å². The molecule has 1 aromatic carbocycles. The summed E-state index contributed by atoms with van der Waals surface area (Å²) in [6, 6.07) is 9.77. The van der Waals surface area contributed by atoms with Crippen LogP contribution >= 0.6 is 0 Å². The lowest BCUT2D eigenvalue weighted by Gasteiger charge is -2.26. The Morgan fingerprint density at radius 2 is 1.91 bits per heavy atom. The van der Waals surface area contributed by atoms with Crippen molar-refractivity contribution in [2.24, 2.45) is 0 Å². The summed E-state index contributed by atoms with van der Waals surface area (Å²) in [5.41, 5.74) is 1.28. The van der Waals surface area contributed by atoms with E-state index in [2.05, 4.69) is 16.3 Å². The van der Waals surface area contributed by atoms with Crippen LogP contribution in [0.4, 0.5) is 4.79 Å². The number of alkyl carbamates (subject to hydrolysis) is 1. The minimum atomic E-state index is -0.495. The number of carbonyl (C=O) groups excluding carboxylic acids is 1. The molecule has 1 aromatic rings. The molecule has 0 spiro atoms. The van der Waals surface area contributed by atoms with Crippen molar-refractivity contribution < 1.29 is 9.53 Å². The fraction of sp³-hybridized carbons (Fsp3) is 0.529. The number of amides is 1. The van der Waals surface area contributed by atoms with Gasteiger partial charge < -0.3 is 15.0 Å². The number of hydrogen-bond acceptors (Lipinski definition) is 4. The minimum absolute atomic E-state index is 0.153. The Bertz CT molecular complexity index is 524. The molecule has 0 saturated heterocycles. The number of likely N-dealkylation sites (N-methyl/N-ethyl adjacent to an activating group) is 1. The first-order valence-electron chi connectivity index (χ1n) is 7.33. The van der Waals surface area contributed by atoms with Gasteiger partial charge in [0, 0.05) is 12.6 Å². The SMILES string of the molecule is CN(C)[C@H](CNC(=O)OC(C)(C)C)Cc1ccc(C#N)cc1. The molecular weight excluding hydrogens is 278 g/mol. The van der Waals surface area contributed by atoms with Crippen LogP contribution in [0.3, 0.4) is 0 Å². The molecule has 1 atom stereocenters. The van der Waals surface area contributed by atoms with E-state index < -0.39 is 11.7 Å². The van der Waals surface area contributed by atoms with E-state index in [4.69, 9.17) is 10.00 Å². The van der Waals surface area contributed by atoms with Crippen LogP contribution in [0.25, 0.3) is 0 Å². The molecule has 0 aromatic heterocycles. The highest BCUT2D eigenvalue weighted by atomic mass is 16.6. The number of nitriles is 1. The summed E-state index contributed by atoms with van der Waals surface area (Å²) >= 11 is 0. The molecule has 1 amide bonds. The fourth-order valence-corrected chi connectivity index (χ4v) is 1.94. The third-order valence-corrected chi connectivity index (χ3v) is 3.17.